The highest BCUT2D eigenvalue weighted by atomic mass is 32.2. The molecule has 1 aromatic heterocycles. The molecule has 0 aliphatic carbocycles. The number of thiazole rings is 1. The van der Waals surface area contributed by atoms with Crippen molar-refractivity contribution in [1.29, 1.82) is 0 Å². The van der Waals surface area contributed by atoms with Crippen LogP contribution >= 0.6 is 11.3 Å². The topological polar surface area (TPSA) is 151 Å². The average molecular weight is 732 g/mol. The fraction of sp³-hybridized carbons (Fsp3) is 0.611. The Morgan fingerprint density at radius 2 is 1.82 bits per heavy atom. The maximum Gasteiger partial charge on any atom is 0.407 e. The van der Waals surface area contributed by atoms with E-state index >= 15 is 0 Å². The Bertz CT molecular complexity index is 1650. The van der Waals surface area contributed by atoms with Crippen molar-refractivity contribution in [1.82, 2.24) is 19.9 Å². The number of aliphatic hydroxyl groups excluding tert-OH is 1. The van der Waals surface area contributed by atoms with Crippen molar-refractivity contribution in [2.24, 2.45) is 17.8 Å². The van der Waals surface area contributed by atoms with Gasteiger partial charge in [-0.3, -0.25) is 0 Å². The van der Waals surface area contributed by atoms with Gasteiger partial charge in [-0.15, -0.1) is 0 Å². The number of alkyl carbamates (subject to hydrolysis) is 1. The number of fused-ring (bicyclic) bond motifs is 2. The summed E-state index contributed by atoms with van der Waals surface area (Å²) in [6.45, 7) is 13.8. The van der Waals surface area contributed by atoms with E-state index in [1.807, 2.05) is 58.0 Å². The Kier molecular flexibility index (Phi) is 13.1. The van der Waals surface area contributed by atoms with E-state index in [2.05, 4.69) is 34.8 Å². The van der Waals surface area contributed by atoms with Gasteiger partial charge in [0.25, 0.3) is 0 Å². The van der Waals surface area contributed by atoms with Gasteiger partial charge in [0.2, 0.25) is 10.0 Å². The number of sulfonamides is 1. The van der Waals surface area contributed by atoms with Crippen molar-refractivity contribution in [3.8, 4) is 0 Å². The maximum atomic E-state index is 14.2. The Balaban J connectivity index is 1.34. The lowest BCUT2D eigenvalue weighted by Crippen LogP contribution is -2.53. The van der Waals surface area contributed by atoms with Crippen LogP contribution in [0, 0.1) is 17.8 Å². The third-order valence-electron chi connectivity index (χ3n) is 8.81. The normalized spacial score (nSPS) is 22.3. The summed E-state index contributed by atoms with van der Waals surface area (Å²) in [5, 5.41) is 22.2. The first kappa shape index (κ1) is 38.4. The molecule has 1 amide bonds. The SMILES string of the molecule is CC(C)CN[C@H]1CO[C@@H]2OCC[C@H](OC(=O)N[C@@H](Cc3ccccc3)[C@H](O)CN(CC(C)C)S(=O)(=O)c3ccc4nc(NC(C)C)sc4c3)[C@@H]21. The number of aromatic nitrogens is 1. The number of benzene rings is 2. The molecule has 3 aromatic rings. The molecule has 0 unspecified atom stereocenters. The first-order valence-corrected chi connectivity index (χ1v) is 19.9. The average Bonchev–Trinajstić information content (AvgIpc) is 3.66. The minimum atomic E-state index is -4.03. The lowest BCUT2D eigenvalue weighted by molar-refractivity contribution is -0.180. The standard InChI is InChI=1S/C36H53N5O7S2/c1-22(2)18-37-29-21-47-34-33(29)31(14-15-46-34)48-36(43)40-28(16-25-10-8-7-9-11-25)30(42)20-41(19-23(3)4)50(44,45)26-12-13-27-32(17-26)49-35(39-27)38-24(5)6/h7-13,17,22-24,28-31,33-34,37,42H,14-16,18-21H2,1-6H3,(H,38,39)(H,40,43)/t28-,29-,30+,31-,33-,34-/m0/s1. The zero-order chi connectivity index (χ0) is 36.0. The van der Waals surface area contributed by atoms with Crippen molar-refractivity contribution in [3.05, 3.63) is 54.1 Å². The number of hydrogen-bond acceptors (Lipinski definition) is 11. The van der Waals surface area contributed by atoms with Crippen LogP contribution in [0.25, 0.3) is 10.2 Å². The third-order valence-corrected chi connectivity index (χ3v) is 11.6. The Labute approximate surface area is 300 Å². The van der Waals surface area contributed by atoms with E-state index in [1.165, 1.54) is 15.6 Å². The lowest BCUT2D eigenvalue weighted by atomic mass is 9.91. The highest BCUT2D eigenvalue weighted by Gasteiger charge is 2.47. The van der Waals surface area contributed by atoms with E-state index in [9.17, 15) is 18.3 Å². The quantitative estimate of drug-likeness (QED) is 0.161. The van der Waals surface area contributed by atoms with E-state index in [1.54, 1.807) is 18.2 Å². The van der Waals surface area contributed by atoms with Crippen LogP contribution in [-0.4, -0.2) is 98.4 Å². The zero-order valence-electron chi connectivity index (χ0n) is 29.9. The zero-order valence-corrected chi connectivity index (χ0v) is 31.5. The minimum Gasteiger partial charge on any atom is -0.446 e. The fourth-order valence-electron chi connectivity index (χ4n) is 6.43. The molecule has 12 nitrogen and oxygen atoms in total. The number of ether oxygens (including phenoxy) is 3. The van der Waals surface area contributed by atoms with Crippen LogP contribution in [0.2, 0.25) is 0 Å². The van der Waals surface area contributed by atoms with Gasteiger partial charge >= 0.3 is 6.09 Å². The summed E-state index contributed by atoms with van der Waals surface area (Å²) in [6.07, 6.45) is -2.05. The number of nitrogens with zero attached hydrogens (tertiary/aromatic N) is 2. The van der Waals surface area contributed by atoms with Crippen LogP contribution < -0.4 is 16.0 Å². The van der Waals surface area contributed by atoms with Crippen LogP contribution in [0.1, 0.15) is 53.5 Å². The number of anilines is 1. The van der Waals surface area contributed by atoms with Crippen molar-refractivity contribution < 1.29 is 32.5 Å². The second-order valence-corrected chi connectivity index (χ2v) is 17.4. The molecular formula is C36H53N5O7S2. The number of carbonyl (C=O) groups excluding carboxylic acids is 1. The lowest BCUT2D eigenvalue weighted by Gasteiger charge is -2.36. The Hall–Kier alpha value is -2.85. The Morgan fingerprint density at radius 3 is 2.52 bits per heavy atom. The number of carbonyl (C=O) groups is 1. The van der Waals surface area contributed by atoms with Crippen molar-refractivity contribution in [2.75, 3.05) is 38.2 Å². The van der Waals surface area contributed by atoms with Crippen LogP contribution in [0.4, 0.5) is 9.93 Å². The maximum absolute atomic E-state index is 14.2. The van der Waals surface area contributed by atoms with Gasteiger partial charge < -0.3 is 35.3 Å². The van der Waals surface area contributed by atoms with Gasteiger partial charge in [0, 0.05) is 31.6 Å². The van der Waals surface area contributed by atoms with Gasteiger partial charge in [-0.25, -0.2) is 18.2 Å². The predicted molar refractivity (Wildman–Crippen MR) is 196 cm³/mol. The Morgan fingerprint density at radius 1 is 1.06 bits per heavy atom. The fourth-order valence-corrected chi connectivity index (χ4v) is 9.20. The van der Waals surface area contributed by atoms with E-state index < -0.39 is 40.7 Å². The summed E-state index contributed by atoms with van der Waals surface area (Å²) in [7, 11) is -4.03. The number of hydrogen-bond donors (Lipinski definition) is 4. The van der Waals surface area contributed by atoms with Crippen molar-refractivity contribution in [2.45, 2.75) is 95.9 Å². The van der Waals surface area contributed by atoms with Gasteiger partial charge in [-0.2, -0.15) is 4.31 Å². The van der Waals surface area contributed by atoms with Crippen molar-refractivity contribution in [3.63, 3.8) is 0 Å². The summed E-state index contributed by atoms with van der Waals surface area (Å²) in [4.78, 5) is 18.3. The monoisotopic (exact) mass is 731 g/mol. The molecule has 2 aromatic carbocycles. The second-order valence-electron chi connectivity index (χ2n) is 14.5. The number of rotatable bonds is 16. The minimum absolute atomic E-state index is 0.0243. The first-order chi connectivity index (χ1) is 23.8. The molecule has 3 heterocycles. The molecule has 50 heavy (non-hydrogen) atoms. The molecule has 2 saturated heterocycles. The highest BCUT2D eigenvalue weighted by molar-refractivity contribution is 7.89. The molecule has 0 bridgehead atoms. The van der Waals surface area contributed by atoms with Crippen LogP contribution in [0.15, 0.2) is 53.4 Å². The van der Waals surface area contributed by atoms with E-state index in [4.69, 9.17) is 14.2 Å². The molecule has 0 radical (unpaired) electrons. The first-order valence-electron chi connectivity index (χ1n) is 17.6. The highest BCUT2D eigenvalue weighted by Crippen LogP contribution is 2.34. The molecule has 6 atom stereocenters. The van der Waals surface area contributed by atoms with Gasteiger partial charge in [0.15, 0.2) is 11.4 Å². The predicted octanol–water partition coefficient (Wildman–Crippen LogP) is 4.84. The molecular weight excluding hydrogens is 679 g/mol. The van der Waals surface area contributed by atoms with E-state index in [0.717, 1.165) is 21.9 Å². The largest absolute Gasteiger partial charge is 0.446 e. The molecule has 2 aliphatic heterocycles. The van der Waals surface area contributed by atoms with Gasteiger partial charge in [-0.05, 0) is 62.4 Å². The van der Waals surface area contributed by atoms with Gasteiger partial charge in [-0.1, -0.05) is 69.4 Å². The second kappa shape index (κ2) is 17.1. The molecule has 2 fully saturated rings. The molecule has 4 N–H and O–H groups in total. The van der Waals surface area contributed by atoms with Gasteiger partial charge in [0.05, 0.1) is 46.4 Å². The van der Waals surface area contributed by atoms with Crippen molar-refractivity contribution >= 4 is 42.8 Å². The smallest absolute Gasteiger partial charge is 0.407 e. The summed E-state index contributed by atoms with van der Waals surface area (Å²) in [5.74, 6) is 0.241. The molecule has 276 valence electrons. The van der Waals surface area contributed by atoms with Crippen LogP contribution in [0.5, 0.6) is 0 Å². The summed E-state index contributed by atoms with van der Waals surface area (Å²) in [5.41, 5.74) is 1.59. The summed E-state index contributed by atoms with van der Waals surface area (Å²) >= 11 is 1.40. The summed E-state index contributed by atoms with van der Waals surface area (Å²) in [6, 6.07) is 13.7. The molecule has 0 spiro atoms. The molecule has 0 saturated carbocycles. The van der Waals surface area contributed by atoms with E-state index in [0.29, 0.717) is 31.1 Å². The molecule has 5 rings (SSSR count). The molecule has 2 aliphatic rings. The number of aliphatic hydroxyl groups is 1. The van der Waals surface area contributed by atoms with Crippen LogP contribution in [-0.2, 0) is 30.7 Å². The van der Waals surface area contributed by atoms with Crippen LogP contribution in [0.3, 0.4) is 0 Å². The van der Waals surface area contributed by atoms with E-state index in [-0.39, 0.29) is 48.3 Å². The number of nitrogens with one attached hydrogen (secondary N) is 3. The third kappa shape index (κ3) is 9.93. The number of amides is 1. The summed E-state index contributed by atoms with van der Waals surface area (Å²) < 4.78 is 48.2. The molecule has 14 heteroatoms. The van der Waals surface area contributed by atoms with Gasteiger partial charge in [0.1, 0.15) is 6.10 Å².